The van der Waals surface area contributed by atoms with E-state index in [1.807, 2.05) is 32.0 Å². The maximum absolute atomic E-state index is 12.1. The molecule has 1 heterocycles. The van der Waals surface area contributed by atoms with Gasteiger partial charge in [-0.2, -0.15) is 0 Å². The summed E-state index contributed by atoms with van der Waals surface area (Å²) in [6.45, 7) is 2.61. The smallest absolute Gasteiger partial charge is 0.339 e. The highest BCUT2D eigenvalue weighted by Crippen LogP contribution is 2.37. The van der Waals surface area contributed by atoms with Gasteiger partial charge in [-0.3, -0.25) is 0 Å². The van der Waals surface area contributed by atoms with Crippen LogP contribution in [0.5, 0.6) is 5.75 Å². The highest BCUT2D eigenvalue weighted by molar-refractivity contribution is 5.89. The van der Waals surface area contributed by atoms with Gasteiger partial charge in [-0.15, -0.1) is 0 Å². The van der Waals surface area contributed by atoms with Gasteiger partial charge in [0.2, 0.25) is 0 Å². The standard InChI is InChI=1S/C17H21NO3/c1-10-8-14-15(16(19)13(10)9-18(2)3)11-6-4-5-7-12(11)17(20)21-14/h8,19H,4-7,9H2,1-3H3. The molecule has 3 rings (SSSR count). The summed E-state index contributed by atoms with van der Waals surface area (Å²) in [5.41, 5.74) is 3.88. The molecule has 2 aromatic rings. The molecule has 0 saturated carbocycles. The maximum Gasteiger partial charge on any atom is 0.339 e. The topological polar surface area (TPSA) is 53.7 Å². The van der Waals surface area contributed by atoms with Gasteiger partial charge >= 0.3 is 5.63 Å². The fourth-order valence-electron chi connectivity index (χ4n) is 3.27. The molecule has 1 aliphatic rings. The number of phenols is 1. The van der Waals surface area contributed by atoms with Crippen LogP contribution in [-0.4, -0.2) is 24.1 Å². The molecular formula is C17H21NO3. The van der Waals surface area contributed by atoms with E-state index in [9.17, 15) is 9.90 Å². The van der Waals surface area contributed by atoms with Gasteiger partial charge in [-0.05, 0) is 63.9 Å². The predicted octanol–water partition coefficient (Wildman–Crippen LogP) is 2.75. The number of nitrogens with zero attached hydrogens (tertiary/aromatic N) is 1. The third-order valence-corrected chi connectivity index (χ3v) is 4.29. The zero-order chi connectivity index (χ0) is 15.1. The lowest BCUT2D eigenvalue weighted by Gasteiger charge is -2.20. The number of fused-ring (bicyclic) bond motifs is 3. The molecule has 0 saturated heterocycles. The van der Waals surface area contributed by atoms with Crippen LogP contribution in [0.1, 0.15) is 35.1 Å². The highest BCUT2D eigenvalue weighted by atomic mass is 16.4. The van der Waals surface area contributed by atoms with E-state index >= 15 is 0 Å². The number of hydrogen-bond acceptors (Lipinski definition) is 4. The van der Waals surface area contributed by atoms with Crippen LogP contribution in [0.25, 0.3) is 11.0 Å². The monoisotopic (exact) mass is 287 g/mol. The molecule has 1 aliphatic carbocycles. The van der Waals surface area contributed by atoms with Crippen molar-refractivity contribution in [3.63, 3.8) is 0 Å². The van der Waals surface area contributed by atoms with E-state index in [0.717, 1.165) is 53.3 Å². The third kappa shape index (κ3) is 2.33. The molecular weight excluding hydrogens is 266 g/mol. The summed E-state index contributed by atoms with van der Waals surface area (Å²) >= 11 is 0. The van der Waals surface area contributed by atoms with Crippen molar-refractivity contribution >= 4 is 11.0 Å². The second kappa shape index (κ2) is 5.19. The van der Waals surface area contributed by atoms with Gasteiger partial charge in [-0.25, -0.2) is 4.79 Å². The van der Waals surface area contributed by atoms with Gasteiger partial charge in [0.1, 0.15) is 11.3 Å². The molecule has 0 unspecified atom stereocenters. The number of phenolic OH excluding ortho intramolecular Hbond substituents is 1. The summed E-state index contributed by atoms with van der Waals surface area (Å²) in [6, 6.07) is 1.88. The molecule has 0 radical (unpaired) electrons. The number of benzene rings is 1. The fraction of sp³-hybridized carbons (Fsp3) is 0.471. The average molecular weight is 287 g/mol. The van der Waals surface area contributed by atoms with Crippen molar-refractivity contribution in [3.05, 3.63) is 38.7 Å². The van der Waals surface area contributed by atoms with E-state index in [4.69, 9.17) is 4.42 Å². The molecule has 0 bridgehead atoms. The van der Waals surface area contributed by atoms with Crippen molar-refractivity contribution in [2.24, 2.45) is 0 Å². The lowest BCUT2D eigenvalue weighted by molar-refractivity contribution is 0.385. The predicted molar refractivity (Wildman–Crippen MR) is 82.9 cm³/mol. The van der Waals surface area contributed by atoms with E-state index in [1.165, 1.54) is 0 Å². The minimum atomic E-state index is -0.239. The molecule has 1 aromatic heterocycles. The molecule has 4 heteroatoms. The first-order valence-electron chi connectivity index (χ1n) is 7.43. The van der Waals surface area contributed by atoms with Gasteiger partial charge in [0, 0.05) is 17.7 Å². The zero-order valence-electron chi connectivity index (χ0n) is 12.8. The summed E-state index contributed by atoms with van der Waals surface area (Å²) < 4.78 is 5.45. The first-order chi connectivity index (χ1) is 9.99. The Morgan fingerprint density at radius 3 is 2.57 bits per heavy atom. The van der Waals surface area contributed by atoms with Crippen LogP contribution in [0.4, 0.5) is 0 Å². The van der Waals surface area contributed by atoms with Crippen molar-refractivity contribution in [2.45, 2.75) is 39.2 Å². The van der Waals surface area contributed by atoms with Gasteiger partial charge in [-0.1, -0.05) is 0 Å². The summed E-state index contributed by atoms with van der Waals surface area (Å²) in [6.07, 6.45) is 3.67. The molecule has 0 atom stereocenters. The average Bonchev–Trinajstić information content (AvgIpc) is 2.43. The number of aromatic hydroxyl groups is 1. The van der Waals surface area contributed by atoms with Crippen molar-refractivity contribution in [1.29, 1.82) is 0 Å². The Labute approximate surface area is 124 Å². The van der Waals surface area contributed by atoms with Crippen molar-refractivity contribution in [2.75, 3.05) is 14.1 Å². The highest BCUT2D eigenvalue weighted by Gasteiger charge is 2.22. The quantitative estimate of drug-likeness (QED) is 0.863. The summed E-state index contributed by atoms with van der Waals surface area (Å²) in [5.74, 6) is 0.278. The number of aryl methyl sites for hydroxylation is 2. The molecule has 0 spiro atoms. The Morgan fingerprint density at radius 2 is 1.90 bits per heavy atom. The van der Waals surface area contributed by atoms with Crippen LogP contribution in [0.3, 0.4) is 0 Å². The lowest BCUT2D eigenvalue weighted by atomic mass is 9.89. The first-order valence-corrected chi connectivity index (χ1v) is 7.43. The van der Waals surface area contributed by atoms with Crippen molar-refractivity contribution < 1.29 is 9.52 Å². The Kier molecular flexibility index (Phi) is 3.49. The minimum Gasteiger partial charge on any atom is -0.507 e. The summed E-state index contributed by atoms with van der Waals surface area (Å²) in [5, 5.41) is 11.5. The normalized spacial score (nSPS) is 14.7. The SMILES string of the molecule is Cc1cc2oc(=O)c3c(c2c(O)c1CN(C)C)CCCC3. The Bertz CT molecular complexity index is 759. The van der Waals surface area contributed by atoms with E-state index in [2.05, 4.69) is 0 Å². The molecule has 4 nitrogen and oxygen atoms in total. The number of hydrogen-bond donors (Lipinski definition) is 1. The van der Waals surface area contributed by atoms with Crippen LogP contribution in [-0.2, 0) is 19.4 Å². The number of rotatable bonds is 2. The van der Waals surface area contributed by atoms with E-state index < -0.39 is 0 Å². The van der Waals surface area contributed by atoms with Gasteiger partial charge in [0.25, 0.3) is 0 Å². The Balaban J connectivity index is 2.35. The maximum atomic E-state index is 12.1. The van der Waals surface area contributed by atoms with Crippen LogP contribution < -0.4 is 5.63 Å². The van der Waals surface area contributed by atoms with Crippen molar-refractivity contribution in [3.8, 4) is 5.75 Å². The van der Waals surface area contributed by atoms with Gasteiger partial charge in [0.05, 0.1) is 5.39 Å². The molecule has 0 amide bonds. The lowest BCUT2D eigenvalue weighted by Crippen LogP contribution is -2.17. The molecule has 0 fully saturated rings. The molecule has 112 valence electrons. The zero-order valence-corrected chi connectivity index (χ0v) is 12.8. The first kappa shape index (κ1) is 14.1. The summed E-state index contributed by atoms with van der Waals surface area (Å²) in [7, 11) is 3.95. The van der Waals surface area contributed by atoms with E-state index in [1.54, 1.807) is 0 Å². The Hall–Kier alpha value is -1.81. The van der Waals surface area contributed by atoms with Crippen LogP contribution in [0.2, 0.25) is 0 Å². The second-order valence-corrected chi connectivity index (χ2v) is 6.19. The fourth-order valence-corrected chi connectivity index (χ4v) is 3.27. The van der Waals surface area contributed by atoms with Crippen LogP contribution in [0, 0.1) is 6.92 Å². The van der Waals surface area contributed by atoms with Gasteiger partial charge in [0.15, 0.2) is 0 Å². The van der Waals surface area contributed by atoms with E-state index in [0.29, 0.717) is 12.1 Å². The Morgan fingerprint density at radius 1 is 1.24 bits per heavy atom. The largest absolute Gasteiger partial charge is 0.507 e. The van der Waals surface area contributed by atoms with E-state index in [-0.39, 0.29) is 11.4 Å². The van der Waals surface area contributed by atoms with Crippen molar-refractivity contribution in [1.82, 2.24) is 4.90 Å². The summed E-state index contributed by atoms with van der Waals surface area (Å²) in [4.78, 5) is 14.1. The molecule has 0 aliphatic heterocycles. The second-order valence-electron chi connectivity index (χ2n) is 6.19. The van der Waals surface area contributed by atoms with Crippen LogP contribution in [0.15, 0.2) is 15.3 Å². The van der Waals surface area contributed by atoms with Crippen LogP contribution >= 0.6 is 0 Å². The van der Waals surface area contributed by atoms with Gasteiger partial charge < -0.3 is 14.4 Å². The molecule has 1 aromatic carbocycles. The molecule has 1 N–H and O–H groups in total. The third-order valence-electron chi connectivity index (χ3n) is 4.29. The minimum absolute atomic E-state index is 0.239. The molecule has 21 heavy (non-hydrogen) atoms.